The van der Waals surface area contributed by atoms with Gasteiger partial charge in [0.15, 0.2) is 0 Å². The monoisotopic (exact) mass is 472 g/mol. The van der Waals surface area contributed by atoms with E-state index in [-0.39, 0.29) is 47.9 Å². The zero-order valence-corrected chi connectivity index (χ0v) is 19.8. The van der Waals surface area contributed by atoms with Gasteiger partial charge in [0.25, 0.3) is 0 Å². The van der Waals surface area contributed by atoms with Gasteiger partial charge in [-0.05, 0) is 49.1 Å². The van der Waals surface area contributed by atoms with E-state index >= 15 is 0 Å². The first-order chi connectivity index (χ1) is 16.8. The number of nitrogens with zero attached hydrogens (tertiary/aromatic N) is 2. The van der Waals surface area contributed by atoms with Crippen molar-refractivity contribution in [3.8, 4) is 5.75 Å². The molecular weight excluding hydrogens is 444 g/mol. The first kappa shape index (κ1) is 23.0. The summed E-state index contributed by atoms with van der Waals surface area (Å²) in [4.78, 5) is 54.2. The van der Waals surface area contributed by atoms with Gasteiger partial charge in [0.1, 0.15) is 5.75 Å². The average molecular weight is 473 g/mol. The molecule has 5 rings (SSSR count). The van der Waals surface area contributed by atoms with Crippen LogP contribution in [0.4, 0.5) is 5.69 Å². The Morgan fingerprint density at radius 2 is 1.71 bits per heavy atom. The molecule has 2 heterocycles. The molecule has 0 bridgehead atoms. The Kier molecular flexibility index (Phi) is 6.01. The highest BCUT2D eigenvalue weighted by atomic mass is 16.5. The maximum Gasteiger partial charge on any atom is 0.316 e. The lowest BCUT2D eigenvalue weighted by Gasteiger charge is -2.25. The van der Waals surface area contributed by atoms with Gasteiger partial charge in [-0.2, -0.15) is 0 Å². The van der Waals surface area contributed by atoms with Crippen LogP contribution in [0.3, 0.4) is 0 Å². The summed E-state index contributed by atoms with van der Waals surface area (Å²) < 4.78 is 5.55. The fraction of sp³-hybridized carbons (Fsp3) is 0.357. The molecule has 2 aliphatic heterocycles. The molecule has 3 amide bonds. The van der Waals surface area contributed by atoms with Crippen molar-refractivity contribution in [2.45, 2.75) is 32.7 Å². The van der Waals surface area contributed by atoms with Crippen molar-refractivity contribution in [3.05, 3.63) is 72.3 Å². The first-order valence-corrected chi connectivity index (χ1v) is 12.1. The summed E-state index contributed by atoms with van der Waals surface area (Å²) in [7, 11) is 0. The van der Waals surface area contributed by atoms with E-state index in [4.69, 9.17) is 4.74 Å². The van der Waals surface area contributed by atoms with Gasteiger partial charge in [-0.15, -0.1) is 0 Å². The Hall–Kier alpha value is -3.74. The van der Waals surface area contributed by atoms with Crippen LogP contribution < -0.4 is 9.64 Å². The lowest BCUT2D eigenvalue weighted by molar-refractivity contribution is -0.139. The summed E-state index contributed by atoms with van der Waals surface area (Å²) in [6, 6.07) is 16.0. The van der Waals surface area contributed by atoms with E-state index in [2.05, 4.69) is 0 Å². The number of fused-ring (bicyclic) bond motifs is 1. The number of hydrogen-bond acceptors (Lipinski definition) is 5. The van der Waals surface area contributed by atoms with Crippen molar-refractivity contribution in [1.82, 2.24) is 4.90 Å². The predicted octanol–water partition coefficient (Wildman–Crippen LogP) is 3.90. The Balaban J connectivity index is 1.23. The molecule has 2 saturated heterocycles. The third-order valence-electron chi connectivity index (χ3n) is 7.43. The molecule has 3 aliphatic rings. The van der Waals surface area contributed by atoms with Crippen LogP contribution in [-0.4, -0.2) is 35.1 Å². The van der Waals surface area contributed by atoms with Gasteiger partial charge in [0, 0.05) is 13.0 Å². The van der Waals surface area contributed by atoms with Crippen molar-refractivity contribution < 1.29 is 23.9 Å². The van der Waals surface area contributed by atoms with Crippen LogP contribution in [0, 0.1) is 23.7 Å². The standard InChI is InChI=1S/C28H28N2O5/c1-17-7-6-10-23-25(17)27(33)30(26(23)32)21-11-13-22(14-12-21)35-28(34)20-15-24(31)29(16-20)18(2)19-8-4-3-5-9-19/h3-9,11-14,17-18,20,23,25H,10,15-16H2,1-2H3/t17-,18-,20-,23+,25-/m1/s1. The number of hydrogen-bond donors (Lipinski definition) is 0. The molecule has 5 atom stereocenters. The van der Waals surface area contributed by atoms with E-state index in [0.717, 1.165) is 5.56 Å². The van der Waals surface area contributed by atoms with Crippen LogP contribution in [-0.2, 0) is 19.2 Å². The van der Waals surface area contributed by atoms with E-state index in [0.29, 0.717) is 24.4 Å². The van der Waals surface area contributed by atoms with E-state index in [9.17, 15) is 19.2 Å². The lowest BCUT2D eigenvalue weighted by Crippen LogP contribution is -2.31. The predicted molar refractivity (Wildman–Crippen MR) is 129 cm³/mol. The molecular formula is C28H28N2O5. The van der Waals surface area contributed by atoms with Crippen LogP contribution in [0.15, 0.2) is 66.7 Å². The van der Waals surface area contributed by atoms with Crippen LogP contribution >= 0.6 is 0 Å². The van der Waals surface area contributed by atoms with E-state index in [1.807, 2.05) is 56.3 Å². The van der Waals surface area contributed by atoms with Gasteiger partial charge in [-0.3, -0.25) is 24.1 Å². The Labute approximate surface area is 204 Å². The summed E-state index contributed by atoms with van der Waals surface area (Å²) in [5.74, 6) is -1.76. The molecule has 0 radical (unpaired) electrons. The number of ether oxygens (including phenoxy) is 1. The summed E-state index contributed by atoms with van der Waals surface area (Å²) in [5, 5.41) is 0. The fourth-order valence-electron chi connectivity index (χ4n) is 5.44. The number of carbonyl (C=O) groups excluding carboxylic acids is 4. The molecule has 0 unspecified atom stereocenters. The van der Waals surface area contributed by atoms with Crippen LogP contribution in [0.5, 0.6) is 5.75 Å². The Morgan fingerprint density at radius 3 is 2.40 bits per heavy atom. The van der Waals surface area contributed by atoms with E-state index in [1.165, 1.54) is 4.90 Å². The highest BCUT2D eigenvalue weighted by Gasteiger charge is 2.50. The molecule has 7 heteroatoms. The highest BCUT2D eigenvalue weighted by molar-refractivity contribution is 6.22. The van der Waals surface area contributed by atoms with Gasteiger partial charge in [-0.25, -0.2) is 0 Å². The second-order valence-corrected chi connectivity index (χ2v) is 9.62. The second kappa shape index (κ2) is 9.13. The smallest absolute Gasteiger partial charge is 0.316 e. The van der Waals surface area contributed by atoms with Crippen LogP contribution in [0.2, 0.25) is 0 Å². The van der Waals surface area contributed by atoms with Gasteiger partial charge >= 0.3 is 5.97 Å². The van der Waals surface area contributed by atoms with Gasteiger partial charge < -0.3 is 9.64 Å². The van der Waals surface area contributed by atoms with Crippen molar-refractivity contribution >= 4 is 29.4 Å². The number of allylic oxidation sites excluding steroid dienone is 2. The lowest BCUT2D eigenvalue weighted by atomic mass is 9.78. The number of esters is 1. The van der Waals surface area contributed by atoms with E-state index in [1.54, 1.807) is 29.2 Å². The number of rotatable bonds is 5. The molecule has 1 aliphatic carbocycles. The number of likely N-dealkylation sites (tertiary alicyclic amines) is 1. The molecule has 2 fully saturated rings. The number of benzene rings is 2. The second-order valence-electron chi connectivity index (χ2n) is 9.62. The quantitative estimate of drug-likeness (QED) is 0.285. The first-order valence-electron chi connectivity index (χ1n) is 12.1. The normalized spacial score (nSPS) is 26.7. The minimum Gasteiger partial charge on any atom is -0.426 e. The van der Waals surface area contributed by atoms with Gasteiger partial charge in [0.05, 0.1) is 29.5 Å². The molecule has 7 nitrogen and oxygen atoms in total. The van der Waals surface area contributed by atoms with Crippen LogP contribution in [0.25, 0.3) is 0 Å². The molecule has 35 heavy (non-hydrogen) atoms. The average Bonchev–Trinajstić information content (AvgIpc) is 3.38. The summed E-state index contributed by atoms with van der Waals surface area (Å²) in [6.07, 6.45) is 4.65. The molecule has 0 aromatic heterocycles. The number of amides is 3. The third-order valence-corrected chi connectivity index (χ3v) is 7.43. The Bertz CT molecular complexity index is 1190. The van der Waals surface area contributed by atoms with Gasteiger partial charge in [0.2, 0.25) is 17.7 Å². The number of carbonyl (C=O) groups is 4. The molecule has 2 aromatic carbocycles. The Morgan fingerprint density at radius 1 is 1.00 bits per heavy atom. The summed E-state index contributed by atoms with van der Waals surface area (Å²) in [5.41, 5.74) is 1.49. The van der Waals surface area contributed by atoms with Crippen molar-refractivity contribution in [1.29, 1.82) is 0 Å². The minimum absolute atomic E-state index is 0.0220. The fourth-order valence-corrected chi connectivity index (χ4v) is 5.44. The van der Waals surface area contributed by atoms with Gasteiger partial charge in [-0.1, -0.05) is 49.4 Å². The molecule has 0 N–H and O–H groups in total. The van der Waals surface area contributed by atoms with E-state index < -0.39 is 11.9 Å². The zero-order valence-electron chi connectivity index (χ0n) is 19.8. The maximum absolute atomic E-state index is 13.0. The highest BCUT2D eigenvalue weighted by Crippen LogP contribution is 2.40. The zero-order chi connectivity index (χ0) is 24.7. The molecule has 0 saturated carbocycles. The molecule has 0 spiro atoms. The SMILES string of the molecule is C[C@@H]1C=CC[C@@H]2C(=O)N(c3ccc(OC(=O)[C@@H]4CC(=O)N([C@H](C)c5ccccc5)C4)cc3)C(=O)[C@H]12. The number of imide groups is 1. The maximum atomic E-state index is 13.0. The van der Waals surface area contributed by atoms with Crippen molar-refractivity contribution in [3.63, 3.8) is 0 Å². The van der Waals surface area contributed by atoms with Crippen molar-refractivity contribution in [2.75, 3.05) is 11.4 Å². The summed E-state index contributed by atoms with van der Waals surface area (Å²) in [6.45, 7) is 4.21. The molecule has 180 valence electrons. The number of anilines is 1. The molecule has 2 aromatic rings. The topological polar surface area (TPSA) is 84.0 Å². The summed E-state index contributed by atoms with van der Waals surface area (Å²) >= 11 is 0. The van der Waals surface area contributed by atoms with Crippen molar-refractivity contribution in [2.24, 2.45) is 23.7 Å². The van der Waals surface area contributed by atoms with Crippen LogP contribution in [0.1, 0.15) is 38.3 Å². The largest absolute Gasteiger partial charge is 0.426 e. The third kappa shape index (κ3) is 4.16. The minimum atomic E-state index is -0.549.